The number of phenols is 1. The molecule has 32 heavy (non-hydrogen) atoms. The Labute approximate surface area is 201 Å². The number of ketones is 1. The number of amides is 3. The quantitative estimate of drug-likeness (QED) is 0.644. The Morgan fingerprint density at radius 2 is 1.81 bits per heavy atom. The normalized spacial score (nSPS) is 23.4. The Bertz CT molecular complexity index is 803. The van der Waals surface area contributed by atoms with Gasteiger partial charge in [-0.15, -0.1) is 0 Å². The number of likely N-dealkylation sites (tertiary alicyclic amines) is 1. The van der Waals surface area contributed by atoms with Crippen molar-refractivity contribution in [1.82, 2.24) is 15.1 Å². The SMILES string of the molecule is O=C1CO[C@@H]2CCCN(C(=O)[C@H](Cc3ccc(O)cc3)NC(=O)N3CCOCC3)[C@H]12.S.S. The van der Waals surface area contributed by atoms with E-state index in [4.69, 9.17) is 9.47 Å². The Balaban J connectivity index is 0.00000181. The second-order valence-electron chi connectivity index (χ2n) is 7.91. The van der Waals surface area contributed by atoms with E-state index >= 15 is 0 Å². The summed E-state index contributed by atoms with van der Waals surface area (Å²) in [6.07, 6.45) is 1.50. The van der Waals surface area contributed by atoms with E-state index < -0.39 is 12.1 Å². The highest BCUT2D eigenvalue weighted by atomic mass is 32.1. The number of aromatic hydroxyl groups is 1. The Morgan fingerprint density at radius 3 is 2.50 bits per heavy atom. The van der Waals surface area contributed by atoms with Crippen molar-refractivity contribution in [1.29, 1.82) is 0 Å². The maximum atomic E-state index is 13.5. The van der Waals surface area contributed by atoms with Gasteiger partial charge in [-0.3, -0.25) is 9.59 Å². The Hall–Kier alpha value is -1.95. The van der Waals surface area contributed by atoms with Gasteiger partial charge in [0.05, 0.1) is 19.3 Å². The van der Waals surface area contributed by atoms with Crippen molar-refractivity contribution >= 4 is 44.7 Å². The molecule has 4 rings (SSSR count). The summed E-state index contributed by atoms with van der Waals surface area (Å²) in [4.78, 5) is 41.8. The molecule has 3 aliphatic heterocycles. The number of rotatable bonds is 4. The smallest absolute Gasteiger partial charge is 0.318 e. The van der Waals surface area contributed by atoms with Crippen LogP contribution in [-0.4, -0.2) is 90.3 Å². The summed E-state index contributed by atoms with van der Waals surface area (Å²) in [5.74, 6) is -0.235. The number of urea groups is 1. The average Bonchev–Trinajstić information content (AvgIpc) is 3.16. The number of benzene rings is 1. The number of hydrogen-bond acceptors (Lipinski definition) is 6. The lowest BCUT2D eigenvalue weighted by atomic mass is 9.95. The van der Waals surface area contributed by atoms with Crippen LogP contribution in [0.1, 0.15) is 18.4 Å². The maximum absolute atomic E-state index is 13.5. The van der Waals surface area contributed by atoms with Crippen LogP contribution in [0.3, 0.4) is 0 Å². The van der Waals surface area contributed by atoms with E-state index in [0.717, 1.165) is 18.4 Å². The third-order valence-corrected chi connectivity index (χ3v) is 5.90. The Kier molecular flexibility index (Phi) is 9.68. The zero-order valence-corrected chi connectivity index (χ0v) is 19.8. The van der Waals surface area contributed by atoms with E-state index in [0.29, 0.717) is 32.8 Å². The highest BCUT2D eigenvalue weighted by Gasteiger charge is 2.45. The molecule has 3 atom stereocenters. The molecule has 0 aromatic heterocycles. The molecule has 0 spiro atoms. The van der Waals surface area contributed by atoms with Gasteiger partial charge in [0.25, 0.3) is 0 Å². The second kappa shape index (κ2) is 11.8. The molecule has 0 aliphatic carbocycles. The van der Waals surface area contributed by atoms with Gasteiger partial charge < -0.3 is 29.7 Å². The molecule has 3 saturated heterocycles. The van der Waals surface area contributed by atoms with Crippen LogP contribution in [0.15, 0.2) is 24.3 Å². The minimum Gasteiger partial charge on any atom is -0.508 e. The van der Waals surface area contributed by atoms with Gasteiger partial charge in [-0.1, -0.05) is 12.1 Å². The minimum atomic E-state index is -0.822. The monoisotopic (exact) mass is 485 g/mol. The first-order chi connectivity index (χ1) is 14.5. The van der Waals surface area contributed by atoms with Crippen molar-refractivity contribution in [3.05, 3.63) is 29.8 Å². The van der Waals surface area contributed by atoms with E-state index in [2.05, 4.69) is 5.32 Å². The van der Waals surface area contributed by atoms with Crippen LogP contribution >= 0.6 is 27.0 Å². The number of piperidine rings is 1. The Morgan fingerprint density at radius 1 is 1.12 bits per heavy atom. The van der Waals surface area contributed by atoms with Crippen molar-refractivity contribution in [2.24, 2.45) is 0 Å². The third kappa shape index (κ3) is 5.89. The highest BCUT2D eigenvalue weighted by molar-refractivity contribution is 7.59. The first-order valence-corrected chi connectivity index (χ1v) is 10.4. The first-order valence-electron chi connectivity index (χ1n) is 10.4. The van der Waals surface area contributed by atoms with E-state index in [1.54, 1.807) is 34.1 Å². The summed E-state index contributed by atoms with van der Waals surface area (Å²) in [7, 11) is 0. The van der Waals surface area contributed by atoms with Crippen LogP contribution in [0, 0.1) is 0 Å². The highest BCUT2D eigenvalue weighted by Crippen LogP contribution is 2.27. The number of hydrogen-bond donors (Lipinski definition) is 2. The number of Topliss-reactive ketones (excluding diaryl/α,β-unsaturated/α-hetero) is 1. The molecule has 1 aromatic carbocycles. The minimum absolute atomic E-state index is 0. The summed E-state index contributed by atoms with van der Waals surface area (Å²) in [5, 5.41) is 12.4. The number of phenolic OH excluding ortho intramolecular Hbond substituents is 1. The van der Waals surface area contributed by atoms with Gasteiger partial charge in [0.15, 0.2) is 5.78 Å². The van der Waals surface area contributed by atoms with Crippen molar-refractivity contribution in [2.45, 2.75) is 37.5 Å². The lowest BCUT2D eigenvalue weighted by molar-refractivity contribution is -0.142. The topological polar surface area (TPSA) is 108 Å². The molecule has 9 nitrogen and oxygen atoms in total. The van der Waals surface area contributed by atoms with Gasteiger partial charge in [-0.25, -0.2) is 4.79 Å². The van der Waals surface area contributed by atoms with Gasteiger partial charge in [0.2, 0.25) is 5.91 Å². The fraction of sp³-hybridized carbons (Fsp3) is 0.571. The van der Waals surface area contributed by atoms with E-state index in [9.17, 15) is 19.5 Å². The van der Waals surface area contributed by atoms with Crippen LogP contribution in [0.4, 0.5) is 4.79 Å². The molecule has 3 fully saturated rings. The second-order valence-corrected chi connectivity index (χ2v) is 7.91. The molecular formula is C21H31N3O6S2. The number of carbonyl (C=O) groups excluding carboxylic acids is 3. The molecule has 2 N–H and O–H groups in total. The van der Waals surface area contributed by atoms with Gasteiger partial charge >= 0.3 is 6.03 Å². The molecule has 0 bridgehead atoms. The summed E-state index contributed by atoms with van der Waals surface area (Å²) < 4.78 is 10.8. The standard InChI is InChI=1S/C21H27N3O6.2H2S/c25-15-5-3-14(4-6-15)12-16(22-21(28)23-8-10-29-11-9-23)20(27)24-7-1-2-18-19(24)17(26)13-30-18;;/h3-6,16,18-19,25H,1-2,7-13H2,(H,22,28);2*1H2/t16-,18+,19+;;/m0../s1. The molecule has 1 aromatic rings. The van der Waals surface area contributed by atoms with Crippen molar-refractivity contribution < 1.29 is 29.0 Å². The predicted molar refractivity (Wildman–Crippen MR) is 127 cm³/mol. The number of fused-ring (bicyclic) bond motifs is 1. The molecule has 178 valence electrons. The molecule has 0 saturated carbocycles. The first kappa shape index (κ1) is 26.3. The van der Waals surface area contributed by atoms with Crippen molar-refractivity contribution in [2.75, 3.05) is 39.5 Å². The van der Waals surface area contributed by atoms with Gasteiger partial charge in [0, 0.05) is 26.1 Å². The average molecular weight is 486 g/mol. The van der Waals surface area contributed by atoms with Crippen LogP contribution in [0.2, 0.25) is 0 Å². The molecule has 3 heterocycles. The number of nitrogens with one attached hydrogen (secondary N) is 1. The largest absolute Gasteiger partial charge is 0.508 e. The molecule has 3 aliphatic rings. The van der Waals surface area contributed by atoms with Crippen LogP contribution in [0.5, 0.6) is 5.75 Å². The number of ether oxygens (including phenoxy) is 2. The zero-order chi connectivity index (χ0) is 21.1. The lowest BCUT2D eigenvalue weighted by Gasteiger charge is -2.38. The molecule has 3 amide bonds. The fourth-order valence-corrected chi connectivity index (χ4v) is 4.31. The van der Waals surface area contributed by atoms with Gasteiger partial charge in [-0.2, -0.15) is 27.0 Å². The number of nitrogens with zero attached hydrogens (tertiary/aromatic N) is 2. The molecule has 0 unspecified atom stereocenters. The van der Waals surface area contributed by atoms with Crippen LogP contribution in [0.25, 0.3) is 0 Å². The summed E-state index contributed by atoms with van der Waals surface area (Å²) in [6, 6.07) is 4.82. The van der Waals surface area contributed by atoms with Gasteiger partial charge in [-0.05, 0) is 30.5 Å². The van der Waals surface area contributed by atoms with Gasteiger partial charge in [0.1, 0.15) is 24.4 Å². The predicted octanol–water partition coefficient (Wildman–Crippen LogP) is 0.530. The van der Waals surface area contributed by atoms with E-state index in [1.807, 2.05) is 0 Å². The van der Waals surface area contributed by atoms with Crippen LogP contribution < -0.4 is 5.32 Å². The van der Waals surface area contributed by atoms with Crippen molar-refractivity contribution in [3.8, 4) is 5.75 Å². The number of morpholine rings is 1. The third-order valence-electron chi connectivity index (χ3n) is 5.90. The maximum Gasteiger partial charge on any atom is 0.318 e. The van der Waals surface area contributed by atoms with E-state index in [-0.39, 0.29) is 69.6 Å². The lowest BCUT2D eigenvalue weighted by Crippen LogP contribution is -2.60. The zero-order valence-electron chi connectivity index (χ0n) is 17.8. The summed E-state index contributed by atoms with van der Waals surface area (Å²) >= 11 is 0. The molecular weight excluding hydrogens is 454 g/mol. The fourth-order valence-electron chi connectivity index (χ4n) is 4.31. The van der Waals surface area contributed by atoms with Crippen molar-refractivity contribution in [3.63, 3.8) is 0 Å². The van der Waals surface area contributed by atoms with E-state index in [1.165, 1.54) is 0 Å². The number of carbonyl (C=O) groups is 3. The molecule has 11 heteroatoms. The molecule has 0 radical (unpaired) electrons. The van der Waals surface area contributed by atoms with Crippen LogP contribution in [-0.2, 0) is 25.5 Å². The summed E-state index contributed by atoms with van der Waals surface area (Å²) in [5.41, 5.74) is 0.802. The summed E-state index contributed by atoms with van der Waals surface area (Å²) in [6.45, 7) is 2.35.